The monoisotopic (exact) mass is 352 g/mol. The number of benzene rings is 1. The van der Waals surface area contributed by atoms with Crippen LogP contribution in [0.1, 0.15) is 30.1 Å². The van der Waals surface area contributed by atoms with Crippen LogP contribution in [0, 0.1) is 13.8 Å². The highest BCUT2D eigenvalue weighted by molar-refractivity contribution is 7.89. The summed E-state index contributed by atoms with van der Waals surface area (Å²) in [4.78, 5) is 11.1. The molecular weight excluding hydrogens is 332 g/mol. The standard InChI is InChI=1S/C16H20N2O5S/c1-10-8-13(18-12(3)19)5-7-16(10)24(21,22)17-9-14(20)15-6-4-11(2)23-15/h4-8,14,17,20H,9H2,1-3H3,(H,18,19). The van der Waals surface area contributed by atoms with E-state index >= 15 is 0 Å². The Labute approximate surface area is 140 Å². The largest absolute Gasteiger partial charge is 0.464 e. The van der Waals surface area contributed by atoms with Gasteiger partial charge in [-0.2, -0.15) is 0 Å². The van der Waals surface area contributed by atoms with Gasteiger partial charge in [0.05, 0.1) is 4.90 Å². The molecule has 1 aromatic carbocycles. The number of hydrogen-bond donors (Lipinski definition) is 3. The molecule has 24 heavy (non-hydrogen) atoms. The van der Waals surface area contributed by atoms with Gasteiger partial charge in [-0.25, -0.2) is 13.1 Å². The molecule has 1 aromatic heterocycles. The molecule has 0 saturated carbocycles. The average Bonchev–Trinajstić information content (AvgIpc) is 2.90. The number of rotatable bonds is 6. The van der Waals surface area contributed by atoms with Crippen molar-refractivity contribution in [3.63, 3.8) is 0 Å². The first-order chi connectivity index (χ1) is 11.2. The highest BCUT2D eigenvalue weighted by Crippen LogP contribution is 2.21. The molecule has 130 valence electrons. The number of carbonyl (C=O) groups is 1. The van der Waals surface area contributed by atoms with Crippen molar-refractivity contribution in [1.82, 2.24) is 4.72 Å². The maximum Gasteiger partial charge on any atom is 0.240 e. The molecule has 2 rings (SSSR count). The van der Waals surface area contributed by atoms with E-state index in [0.29, 0.717) is 22.8 Å². The van der Waals surface area contributed by atoms with Gasteiger partial charge in [-0.1, -0.05) is 0 Å². The van der Waals surface area contributed by atoms with Gasteiger partial charge < -0.3 is 14.8 Å². The minimum atomic E-state index is -3.80. The molecule has 0 saturated heterocycles. The average molecular weight is 352 g/mol. The van der Waals surface area contributed by atoms with Crippen molar-refractivity contribution in [1.29, 1.82) is 0 Å². The van der Waals surface area contributed by atoms with Gasteiger partial charge in [0, 0.05) is 19.2 Å². The van der Waals surface area contributed by atoms with E-state index < -0.39 is 16.1 Å². The number of furan rings is 1. The van der Waals surface area contributed by atoms with Crippen molar-refractivity contribution in [2.24, 2.45) is 0 Å². The van der Waals surface area contributed by atoms with Crippen molar-refractivity contribution in [3.8, 4) is 0 Å². The third kappa shape index (κ3) is 4.44. The Morgan fingerprint density at radius 1 is 1.25 bits per heavy atom. The molecule has 1 heterocycles. The Bertz CT molecular complexity index is 842. The second-order valence-electron chi connectivity index (χ2n) is 5.48. The van der Waals surface area contributed by atoms with Gasteiger partial charge in [0.1, 0.15) is 17.6 Å². The van der Waals surface area contributed by atoms with Gasteiger partial charge in [0.25, 0.3) is 0 Å². The SMILES string of the molecule is CC(=O)Nc1ccc(S(=O)(=O)NCC(O)c2ccc(C)o2)c(C)c1. The maximum atomic E-state index is 12.4. The van der Waals surface area contributed by atoms with Crippen LogP contribution in [0.15, 0.2) is 39.6 Å². The smallest absolute Gasteiger partial charge is 0.240 e. The van der Waals surface area contributed by atoms with Crippen molar-refractivity contribution in [2.75, 3.05) is 11.9 Å². The third-order valence-electron chi connectivity index (χ3n) is 3.34. The van der Waals surface area contributed by atoms with E-state index in [2.05, 4.69) is 10.0 Å². The normalized spacial score (nSPS) is 12.8. The fourth-order valence-corrected chi connectivity index (χ4v) is 3.49. The van der Waals surface area contributed by atoms with Gasteiger partial charge in [0.15, 0.2) is 0 Å². The number of anilines is 1. The molecular formula is C16H20N2O5S. The van der Waals surface area contributed by atoms with E-state index in [4.69, 9.17) is 4.42 Å². The van der Waals surface area contributed by atoms with E-state index in [1.54, 1.807) is 32.0 Å². The number of sulfonamides is 1. The highest BCUT2D eigenvalue weighted by atomic mass is 32.2. The maximum absolute atomic E-state index is 12.4. The van der Waals surface area contributed by atoms with E-state index in [1.165, 1.54) is 19.1 Å². The second kappa shape index (κ2) is 7.16. The molecule has 1 unspecified atom stereocenters. The summed E-state index contributed by atoms with van der Waals surface area (Å²) in [6.07, 6.45) is -1.08. The molecule has 0 fully saturated rings. The summed E-state index contributed by atoms with van der Waals surface area (Å²) in [5.74, 6) is 0.698. The molecule has 0 aliphatic carbocycles. The molecule has 3 N–H and O–H groups in total. The lowest BCUT2D eigenvalue weighted by Gasteiger charge is -2.13. The van der Waals surface area contributed by atoms with Gasteiger partial charge in [0.2, 0.25) is 15.9 Å². The summed E-state index contributed by atoms with van der Waals surface area (Å²) in [6, 6.07) is 7.78. The first-order valence-electron chi connectivity index (χ1n) is 7.31. The molecule has 0 aliphatic heterocycles. The molecule has 0 bridgehead atoms. The van der Waals surface area contributed by atoms with Gasteiger partial charge >= 0.3 is 0 Å². The summed E-state index contributed by atoms with van der Waals surface area (Å²) < 4.78 is 32.4. The first-order valence-corrected chi connectivity index (χ1v) is 8.79. The summed E-state index contributed by atoms with van der Waals surface area (Å²) in [6.45, 7) is 4.54. The zero-order valence-electron chi connectivity index (χ0n) is 13.7. The molecule has 2 aromatic rings. The van der Waals surface area contributed by atoms with Crippen molar-refractivity contribution >= 4 is 21.6 Å². The Kier molecular flexibility index (Phi) is 5.43. The number of nitrogens with one attached hydrogen (secondary N) is 2. The van der Waals surface area contributed by atoms with Gasteiger partial charge in [-0.05, 0) is 49.7 Å². The van der Waals surface area contributed by atoms with Crippen LogP contribution >= 0.6 is 0 Å². The minimum absolute atomic E-state index is 0.0828. The number of hydrogen-bond acceptors (Lipinski definition) is 5. The van der Waals surface area contributed by atoms with Crippen LogP contribution in [-0.4, -0.2) is 26.0 Å². The van der Waals surface area contributed by atoms with E-state index in [1.807, 2.05) is 0 Å². The zero-order valence-corrected chi connectivity index (χ0v) is 14.5. The Morgan fingerprint density at radius 2 is 1.96 bits per heavy atom. The van der Waals surface area contributed by atoms with Crippen molar-refractivity contribution in [3.05, 3.63) is 47.4 Å². The van der Waals surface area contributed by atoms with Crippen LogP contribution in [0.4, 0.5) is 5.69 Å². The second-order valence-corrected chi connectivity index (χ2v) is 7.21. The van der Waals surface area contributed by atoms with E-state index in [0.717, 1.165) is 0 Å². The Balaban J connectivity index is 2.11. The lowest BCUT2D eigenvalue weighted by atomic mass is 10.2. The number of aryl methyl sites for hydroxylation is 2. The lowest BCUT2D eigenvalue weighted by Crippen LogP contribution is -2.29. The number of amides is 1. The van der Waals surface area contributed by atoms with E-state index in [-0.39, 0.29) is 17.3 Å². The van der Waals surface area contributed by atoms with Crippen LogP contribution in [0.2, 0.25) is 0 Å². The number of aliphatic hydroxyl groups is 1. The predicted molar refractivity (Wildman–Crippen MR) is 89.1 cm³/mol. The molecule has 1 atom stereocenters. The number of carbonyl (C=O) groups excluding carboxylic acids is 1. The van der Waals surface area contributed by atoms with Crippen LogP contribution in [0.3, 0.4) is 0 Å². The molecule has 7 nitrogen and oxygen atoms in total. The van der Waals surface area contributed by atoms with Crippen LogP contribution in [-0.2, 0) is 14.8 Å². The van der Waals surface area contributed by atoms with E-state index in [9.17, 15) is 18.3 Å². The molecule has 8 heteroatoms. The third-order valence-corrected chi connectivity index (χ3v) is 4.92. The summed E-state index contributed by atoms with van der Waals surface area (Å²) in [7, 11) is -3.80. The topological polar surface area (TPSA) is 109 Å². The van der Waals surface area contributed by atoms with Gasteiger partial charge in [-0.3, -0.25) is 4.79 Å². The summed E-state index contributed by atoms with van der Waals surface area (Å²) in [5, 5.41) is 12.6. The minimum Gasteiger partial charge on any atom is -0.464 e. The Morgan fingerprint density at radius 3 is 2.50 bits per heavy atom. The molecule has 0 aliphatic rings. The molecule has 0 radical (unpaired) electrons. The van der Waals surface area contributed by atoms with Crippen LogP contribution in [0.5, 0.6) is 0 Å². The molecule has 0 spiro atoms. The quantitative estimate of drug-likeness (QED) is 0.735. The fourth-order valence-electron chi connectivity index (χ4n) is 2.23. The lowest BCUT2D eigenvalue weighted by molar-refractivity contribution is -0.114. The summed E-state index contributed by atoms with van der Waals surface area (Å²) in [5.41, 5.74) is 1.00. The number of aliphatic hydroxyl groups excluding tert-OH is 1. The molecule has 1 amide bonds. The fraction of sp³-hybridized carbons (Fsp3) is 0.312. The van der Waals surface area contributed by atoms with Crippen LogP contribution in [0.25, 0.3) is 0 Å². The van der Waals surface area contributed by atoms with Crippen LogP contribution < -0.4 is 10.0 Å². The van der Waals surface area contributed by atoms with Crippen molar-refractivity contribution in [2.45, 2.75) is 31.8 Å². The highest BCUT2D eigenvalue weighted by Gasteiger charge is 2.20. The predicted octanol–water partition coefficient (Wildman–Crippen LogP) is 1.87. The zero-order chi connectivity index (χ0) is 17.9. The van der Waals surface area contributed by atoms with Gasteiger partial charge in [-0.15, -0.1) is 0 Å². The first kappa shape index (κ1) is 18.2. The van der Waals surface area contributed by atoms with Crippen molar-refractivity contribution < 1.29 is 22.7 Å². The summed E-state index contributed by atoms with van der Waals surface area (Å²) >= 11 is 0. The Hall–Kier alpha value is -2.16.